The monoisotopic (exact) mass is 572 g/mol. The molecule has 0 saturated carbocycles. The van der Waals surface area contributed by atoms with E-state index in [-0.39, 0.29) is 36.0 Å². The van der Waals surface area contributed by atoms with Gasteiger partial charge in [0.25, 0.3) is 11.8 Å². The lowest BCUT2D eigenvalue weighted by Crippen LogP contribution is -2.00. The van der Waals surface area contributed by atoms with Gasteiger partial charge in [-0.15, -0.1) is 20.5 Å². The highest BCUT2D eigenvalue weighted by Gasteiger charge is 2.18. The maximum absolute atomic E-state index is 12.4. The van der Waals surface area contributed by atoms with Crippen molar-refractivity contribution in [3.63, 3.8) is 0 Å². The van der Waals surface area contributed by atoms with Crippen molar-refractivity contribution < 1.29 is 19.8 Å². The van der Waals surface area contributed by atoms with Crippen molar-refractivity contribution in [2.24, 2.45) is 32.3 Å². The molecule has 2 N–H and O–H groups in total. The van der Waals surface area contributed by atoms with Crippen LogP contribution < -0.4 is 0 Å². The Bertz CT molecular complexity index is 1490. The molecule has 0 aliphatic rings. The highest BCUT2D eigenvalue weighted by atomic mass is 16.3. The number of nitrogens with zero attached hydrogens (tertiary/aromatic N) is 6. The summed E-state index contributed by atoms with van der Waals surface area (Å²) in [6.07, 6.45) is 2.88. The Morgan fingerprint density at radius 3 is 1.43 bits per heavy atom. The van der Waals surface area contributed by atoms with Crippen LogP contribution >= 0.6 is 0 Å². The summed E-state index contributed by atoms with van der Waals surface area (Å²) in [6, 6.07) is 15.0. The van der Waals surface area contributed by atoms with Crippen molar-refractivity contribution in [3.05, 3.63) is 48.5 Å². The molecule has 0 aliphatic heterocycles. The smallest absolute Gasteiger partial charge is 0.264 e. The summed E-state index contributed by atoms with van der Waals surface area (Å²) in [7, 11) is 0. The third-order valence-electron chi connectivity index (χ3n) is 7.25. The van der Waals surface area contributed by atoms with Crippen LogP contribution in [-0.2, 0) is 22.7 Å². The molecule has 222 valence electrons. The number of hydrogen-bond donors (Lipinski definition) is 2. The number of azo groups is 2. The number of aromatic nitrogens is 2. The van der Waals surface area contributed by atoms with E-state index in [1.807, 2.05) is 48.5 Å². The summed E-state index contributed by atoms with van der Waals surface area (Å²) < 4.78 is 3.61. The average Bonchev–Trinajstić information content (AvgIpc) is 3.39. The van der Waals surface area contributed by atoms with Crippen molar-refractivity contribution in [1.82, 2.24) is 9.13 Å². The van der Waals surface area contributed by atoms with Crippen LogP contribution in [0.3, 0.4) is 0 Å². The molecule has 0 bridgehead atoms. The number of hydrogen-bond acceptors (Lipinski definition) is 6. The Labute approximate surface area is 245 Å². The predicted octanol–water partition coefficient (Wildman–Crippen LogP) is 8.58. The molecule has 2 aromatic carbocycles. The summed E-state index contributed by atoms with van der Waals surface area (Å²) in [4.78, 5) is 24.8. The third-order valence-corrected chi connectivity index (χ3v) is 7.25. The summed E-state index contributed by atoms with van der Waals surface area (Å²) in [5.74, 6) is 0.0819. The number of carbonyl (C=O) groups is 2. The molecule has 42 heavy (non-hydrogen) atoms. The van der Waals surface area contributed by atoms with Gasteiger partial charge in [-0.05, 0) is 49.7 Å². The Morgan fingerprint density at radius 1 is 0.667 bits per heavy atom. The van der Waals surface area contributed by atoms with Gasteiger partial charge in [0, 0.05) is 36.7 Å². The minimum Gasteiger partial charge on any atom is -0.493 e. The molecule has 10 heteroatoms. The minimum atomic E-state index is -0.429. The van der Waals surface area contributed by atoms with Gasteiger partial charge in [-0.2, -0.15) is 0 Å². The van der Waals surface area contributed by atoms with Gasteiger partial charge in [-0.25, -0.2) is 0 Å². The number of benzene rings is 2. The number of aryl methyl sites for hydroxylation is 2. The Kier molecular flexibility index (Phi) is 10.2. The second-order valence-corrected chi connectivity index (χ2v) is 11.4. The topological polar surface area (TPSA) is 134 Å². The summed E-state index contributed by atoms with van der Waals surface area (Å²) in [5, 5.41) is 38.9. The molecule has 2 aromatic heterocycles. The number of rotatable bonds is 13. The minimum absolute atomic E-state index is 0.00145. The van der Waals surface area contributed by atoms with Gasteiger partial charge in [-0.3, -0.25) is 9.59 Å². The van der Waals surface area contributed by atoms with E-state index in [1.165, 1.54) is 0 Å². The van der Waals surface area contributed by atoms with E-state index >= 15 is 0 Å². The van der Waals surface area contributed by atoms with Gasteiger partial charge in [0.15, 0.2) is 11.4 Å². The molecule has 0 fully saturated rings. The molecule has 0 aliphatic carbocycles. The largest absolute Gasteiger partial charge is 0.493 e. The second-order valence-electron chi connectivity index (χ2n) is 11.4. The molecule has 0 spiro atoms. The molecule has 0 unspecified atom stereocenters. The molecule has 2 heterocycles. The Morgan fingerprint density at radius 2 is 1.05 bits per heavy atom. The lowest BCUT2D eigenvalue weighted by atomic mass is 10.1. The molecule has 4 rings (SSSR count). The molecule has 10 nitrogen and oxygen atoms in total. The van der Waals surface area contributed by atoms with Crippen LogP contribution in [0.15, 0.2) is 69.0 Å². The number of amides is 2. The van der Waals surface area contributed by atoms with E-state index in [0.717, 1.165) is 34.6 Å². The van der Waals surface area contributed by atoms with Gasteiger partial charge in [-0.1, -0.05) is 64.1 Å². The Balaban J connectivity index is 1.32. The molecule has 0 radical (unpaired) electrons. The third kappa shape index (κ3) is 7.29. The van der Waals surface area contributed by atoms with Crippen LogP contribution in [0.5, 0.6) is 11.8 Å². The average molecular weight is 573 g/mol. The zero-order valence-electron chi connectivity index (χ0n) is 24.8. The van der Waals surface area contributed by atoms with Crippen LogP contribution in [0, 0.1) is 11.8 Å². The van der Waals surface area contributed by atoms with Gasteiger partial charge < -0.3 is 19.3 Å². The maximum Gasteiger partial charge on any atom is 0.264 e. The standard InChI is InChI=1S/C32H40N6O4/c1-21(2)17-19-37-25-13-7-5-11-23(25)29(31(37)41)35-33-27(39)15-9-10-16-28(40)34-36-30-24-12-6-8-14-26(24)38(32(30)42)20-18-22(3)4/h5-8,11-14,21-22,41-42H,9-10,15-20H2,1-4H3. The molecule has 2 amide bonds. The summed E-state index contributed by atoms with van der Waals surface area (Å²) in [5.41, 5.74) is 2.26. The highest BCUT2D eigenvalue weighted by molar-refractivity contribution is 5.96. The zero-order chi connectivity index (χ0) is 30.2. The van der Waals surface area contributed by atoms with Gasteiger partial charge in [0.2, 0.25) is 11.8 Å². The van der Waals surface area contributed by atoms with Gasteiger partial charge >= 0.3 is 0 Å². The number of unbranched alkanes of at least 4 members (excludes halogenated alkanes) is 1. The van der Waals surface area contributed by atoms with E-state index in [4.69, 9.17) is 0 Å². The lowest BCUT2D eigenvalue weighted by molar-refractivity contribution is -0.120. The van der Waals surface area contributed by atoms with Crippen molar-refractivity contribution in [2.45, 2.75) is 79.3 Å². The van der Waals surface area contributed by atoms with Crippen LogP contribution in [0.4, 0.5) is 11.4 Å². The zero-order valence-corrected chi connectivity index (χ0v) is 24.8. The van der Waals surface area contributed by atoms with Gasteiger partial charge in [0.05, 0.1) is 11.0 Å². The molecule has 0 saturated heterocycles. The fourth-order valence-corrected chi connectivity index (χ4v) is 4.83. The summed E-state index contributed by atoms with van der Waals surface area (Å²) >= 11 is 0. The molecular formula is C32H40N6O4. The van der Waals surface area contributed by atoms with Crippen molar-refractivity contribution >= 4 is 45.0 Å². The number of para-hydroxylation sites is 2. The summed E-state index contributed by atoms with van der Waals surface area (Å²) in [6.45, 7) is 9.77. The SMILES string of the molecule is CC(C)CCn1c(O)c(N=NC(=O)CCCCC(=O)N=Nc2c(O)n(CCC(C)C)c3ccccc23)c2ccccc21. The van der Waals surface area contributed by atoms with Gasteiger partial charge in [0.1, 0.15) is 0 Å². The first-order valence-corrected chi connectivity index (χ1v) is 14.7. The fraction of sp³-hybridized carbons (Fsp3) is 0.438. The van der Waals surface area contributed by atoms with E-state index in [1.54, 1.807) is 9.13 Å². The first-order chi connectivity index (χ1) is 20.2. The number of aromatic hydroxyl groups is 2. The first-order valence-electron chi connectivity index (χ1n) is 14.7. The van der Waals surface area contributed by atoms with Crippen molar-refractivity contribution in [1.29, 1.82) is 0 Å². The van der Waals surface area contributed by atoms with E-state index in [9.17, 15) is 19.8 Å². The Hall–Kier alpha value is -4.34. The van der Waals surface area contributed by atoms with E-state index in [0.29, 0.717) is 37.8 Å². The number of carbonyl (C=O) groups excluding carboxylic acids is 2. The van der Waals surface area contributed by atoms with E-state index in [2.05, 4.69) is 48.2 Å². The second kappa shape index (κ2) is 14.0. The lowest BCUT2D eigenvalue weighted by Gasteiger charge is -2.08. The maximum atomic E-state index is 12.4. The predicted molar refractivity (Wildman–Crippen MR) is 164 cm³/mol. The van der Waals surface area contributed by atoms with E-state index < -0.39 is 11.8 Å². The first kappa shape index (κ1) is 30.6. The van der Waals surface area contributed by atoms with Crippen LogP contribution in [-0.4, -0.2) is 31.2 Å². The quantitative estimate of drug-likeness (QED) is 0.122. The van der Waals surface area contributed by atoms with Crippen LogP contribution in [0.25, 0.3) is 21.8 Å². The molecule has 4 aromatic rings. The van der Waals surface area contributed by atoms with Crippen molar-refractivity contribution in [3.8, 4) is 11.8 Å². The fourth-order valence-electron chi connectivity index (χ4n) is 4.83. The number of fused-ring (bicyclic) bond motifs is 2. The highest BCUT2D eigenvalue weighted by Crippen LogP contribution is 2.40. The van der Waals surface area contributed by atoms with Crippen LogP contribution in [0.2, 0.25) is 0 Å². The molecule has 0 atom stereocenters. The van der Waals surface area contributed by atoms with Crippen molar-refractivity contribution in [2.75, 3.05) is 0 Å². The molecular weight excluding hydrogens is 532 g/mol. The van der Waals surface area contributed by atoms with Crippen LogP contribution in [0.1, 0.15) is 66.2 Å². The normalized spacial score (nSPS) is 12.2.